The molecule has 0 aromatic heterocycles. The van der Waals surface area contributed by atoms with Gasteiger partial charge in [-0.15, -0.1) is 0 Å². The summed E-state index contributed by atoms with van der Waals surface area (Å²) in [6.07, 6.45) is 0. The van der Waals surface area contributed by atoms with Crippen LogP contribution in [0.25, 0.3) is 0 Å². The molecule has 0 saturated heterocycles. The summed E-state index contributed by atoms with van der Waals surface area (Å²) in [5, 5.41) is 0. The monoisotopic (exact) mass is 312 g/mol. The van der Waals surface area contributed by atoms with E-state index in [0.717, 1.165) is 17.0 Å². The Kier molecular flexibility index (Phi) is 5.77. The maximum Gasteiger partial charge on any atom is 0.243 e. The van der Waals surface area contributed by atoms with Crippen molar-refractivity contribution in [1.82, 2.24) is 4.90 Å². The van der Waals surface area contributed by atoms with E-state index in [1.54, 1.807) is 12.0 Å². The number of para-hydroxylation sites is 1. The predicted octanol–water partition coefficient (Wildman–Crippen LogP) is 3.18. The van der Waals surface area contributed by atoms with Crippen LogP contribution in [0.4, 0.5) is 5.69 Å². The van der Waals surface area contributed by atoms with Gasteiger partial charge in [0.1, 0.15) is 5.75 Å². The molecule has 0 heterocycles. The first-order valence-electron chi connectivity index (χ1n) is 7.68. The van der Waals surface area contributed by atoms with E-state index >= 15 is 0 Å². The Morgan fingerprint density at radius 1 is 1.04 bits per heavy atom. The average molecular weight is 312 g/mol. The summed E-state index contributed by atoms with van der Waals surface area (Å²) in [6.45, 7) is 2.64. The predicted molar refractivity (Wildman–Crippen MR) is 93.8 cm³/mol. The van der Waals surface area contributed by atoms with Crippen molar-refractivity contribution in [3.05, 3.63) is 60.2 Å². The zero-order chi connectivity index (χ0) is 16.8. The van der Waals surface area contributed by atoms with Crippen LogP contribution in [0.2, 0.25) is 0 Å². The molecule has 2 rings (SSSR count). The van der Waals surface area contributed by atoms with E-state index in [2.05, 4.69) is 0 Å². The lowest BCUT2D eigenvalue weighted by Crippen LogP contribution is -2.43. The summed E-state index contributed by atoms with van der Waals surface area (Å²) < 4.78 is 5.17. The molecule has 0 aliphatic carbocycles. The summed E-state index contributed by atoms with van der Waals surface area (Å²) in [6, 6.07) is 17.4. The first kappa shape index (κ1) is 17.0. The molecule has 2 aromatic rings. The standard InChI is InChI=1S/C19H24N2O2/c1-15(19(22)21(3)17-8-6-5-7-9-17)20(2)14-16-10-12-18(23-4)13-11-16/h5-13,15H,14H2,1-4H3. The highest BCUT2D eigenvalue weighted by Crippen LogP contribution is 2.16. The largest absolute Gasteiger partial charge is 0.497 e. The molecule has 0 N–H and O–H groups in total. The van der Waals surface area contributed by atoms with Gasteiger partial charge in [0.05, 0.1) is 13.2 Å². The average Bonchev–Trinajstić information content (AvgIpc) is 2.61. The zero-order valence-corrected chi connectivity index (χ0v) is 14.2. The summed E-state index contributed by atoms with van der Waals surface area (Å²) >= 11 is 0. The van der Waals surface area contributed by atoms with Crippen LogP contribution in [0, 0.1) is 0 Å². The number of methoxy groups -OCH3 is 1. The Morgan fingerprint density at radius 2 is 1.65 bits per heavy atom. The lowest BCUT2D eigenvalue weighted by Gasteiger charge is -2.28. The van der Waals surface area contributed by atoms with Gasteiger partial charge in [0.15, 0.2) is 0 Å². The van der Waals surface area contributed by atoms with Gasteiger partial charge in [-0.1, -0.05) is 30.3 Å². The smallest absolute Gasteiger partial charge is 0.243 e. The molecular weight excluding hydrogens is 288 g/mol. The van der Waals surface area contributed by atoms with Gasteiger partial charge >= 0.3 is 0 Å². The van der Waals surface area contributed by atoms with E-state index in [1.807, 2.05) is 80.5 Å². The molecule has 0 aliphatic rings. The molecule has 1 amide bonds. The second kappa shape index (κ2) is 7.79. The Morgan fingerprint density at radius 3 is 2.22 bits per heavy atom. The second-order valence-electron chi connectivity index (χ2n) is 5.67. The lowest BCUT2D eigenvalue weighted by atomic mass is 10.1. The first-order chi connectivity index (χ1) is 11.0. The molecule has 4 heteroatoms. The summed E-state index contributed by atoms with van der Waals surface area (Å²) in [7, 11) is 5.43. The normalized spacial score (nSPS) is 12.0. The number of ether oxygens (including phenoxy) is 1. The van der Waals surface area contributed by atoms with E-state index in [0.29, 0.717) is 6.54 Å². The topological polar surface area (TPSA) is 32.8 Å². The van der Waals surface area contributed by atoms with Gasteiger partial charge in [-0.3, -0.25) is 9.69 Å². The van der Waals surface area contributed by atoms with E-state index < -0.39 is 0 Å². The Hall–Kier alpha value is -2.33. The van der Waals surface area contributed by atoms with Gasteiger partial charge in [-0.2, -0.15) is 0 Å². The Balaban J connectivity index is 2.00. The SMILES string of the molecule is COc1ccc(CN(C)C(C)C(=O)N(C)c2ccccc2)cc1. The molecule has 4 nitrogen and oxygen atoms in total. The van der Waals surface area contributed by atoms with Gasteiger partial charge in [-0.05, 0) is 43.8 Å². The van der Waals surface area contributed by atoms with E-state index in [9.17, 15) is 4.79 Å². The third kappa shape index (κ3) is 4.33. The number of nitrogens with zero attached hydrogens (tertiary/aromatic N) is 2. The number of hydrogen-bond acceptors (Lipinski definition) is 3. The van der Waals surface area contributed by atoms with Crippen molar-refractivity contribution in [3.63, 3.8) is 0 Å². The minimum Gasteiger partial charge on any atom is -0.497 e. The van der Waals surface area contributed by atoms with Crippen LogP contribution < -0.4 is 9.64 Å². The van der Waals surface area contributed by atoms with Crippen LogP contribution in [-0.4, -0.2) is 38.1 Å². The highest BCUT2D eigenvalue weighted by molar-refractivity contribution is 5.96. The highest BCUT2D eigenvalue weighted by atomic mass is 16.5. The van der Waals surface area contributed by atoms with Crippen LogP contribution in [0.15, 0.2) is 54.6 Å². The lowest BCUT2D eigenvalue weighted by molar-refractivity contribution is -0.122. The van der Waals surface area contributed by atoms with Crippen molar-refractivity contribution in [2.24, 2.45) is 0 Å². The molecule has 0 bridgehead atoms. The molecule has 0 aliphatic heterocycles. The maximum atomic E-state index is 12.6. The molecule has 122 valence electrons. The molecule has 1 atom stereocenters. The minimum atomic E-state index is -0.206. The fraction of sp³-hybridized carbons (Fsp3) is 0.316. The number of likely N-dealkylation sites (N-methyl/N-ethyl adjacent to an activating group) is 2. The maximum absolute atomic E-state index is 12.6. The molecule has 0 spiro atoms. The van der Waals surface area contributed by atoms with Crippen LogP contribution >= 0.6 is 0 Å². The van der Waals surface area contributed by atoms with Crippen LogP contribution in [0.5, 0.6) is 5.75 Å². The van der Waals surface area contributed by atoms with Crippen LogP contribution in [-0.2, 0) is 11.3 Å². The van der Waals surface area contributed by atoms with Crippen molar-refractivity contribution in [2.45, 2.75) is 19.5 Å². The molecule has 23 heavy (non-hydrogen) atoms. The van der Waals surface area contributed by atoms with Crippen LogP contribution in [0.1, 0.15) is 12.5 Å². The van der Waals surface area contributed by atoms with Gasteiger partial charge < -0.3 is 9.64 Å². The first-order valence-corrected chi connectivity index (χ1v) is 7.68. The molecule has 1 unspecified atom stereocenters. The fourth-order valence-corrected chi connectivity index (χ4v) is 2.40. The van der Waals surface area contributed by atoms with Gasteiger partial charge in [0.2, 0.25) is 5.91 Å². The number of amides is 1. The van der Waals surface area contributed by atoms with Gasteiger partial charge in [-0.25, -0.2) is 0 Å². The minimum absolute atomic E-state index is 0.0761. The fourth-order valence-electron chi connectivity index (χ4n) is 2.40. The van der Waals surface area contributed by atoms with E-state index in [-0.39, 0.29) is 11.9 Å². The zero-order valence-electron chi connectivity index (χ0n) is 14.2. The van der Waals surface area contributed by atoms with Crippen molar-refractivity contribution in [2.75, 3.05) is 26.1 Å². The summed E-state index contributed by atoms with van der Waals surface area (Å²) in [5.74, 6) is 0.913. The van der Waals surface area contributed by atoms with Crippen molar-refractivity contribution in [1.29, 1.82) is 0 Å². The van der Waals surface area contributed by atoms with Gasteiger partial charge in [0.25, 0.3) is 0 Å². The highest BCUT2D eigenvalue weighted by Gasteiger charge is 2.22. The number of carbonyl (C=O) groups excluding carboxylic acids is 1. The third-order valence-electron chi connectivity index (χ3n) is 4.08. The molecule has 2 aromatic carbocycles. The third-order valence-corrected chi connectivity index (χ3v) is 4.08. The quantitative estimate of drug-likeness (QED) is 0.821. The Bertz CT molecular complexity index is 626. The van der Waals surface area contributed by atoms with Crippen LogP contribution in [0.3, 0.4) is 0 Å². The molecule has 0 saturated carbocycles. The number of hydrogen-bond donors (Lipinski definition) is 0. The van der Waals surface area contributed by atoms with Crippen molar-refractivity contribution in [3.8, 4) is 5.75 Å². The van der Waals surface area contributed by atoms with Gasteiger partial charge in [0, 0.05) is 19.3 Å². The second-order valence-corrected chi connectivity index (χ2v) is 5.67. The van der Waals surface area contributed by atoms with Crippen molar-refractivity contribution >= 4 is 11.6 Å². The molecular formula is C19H24N2O2. The number of carbonyl (C=O) groups is 1. The molecule has 0 radical (unpaired) electrons. The number of rotatable bonds is 6. The number of anilines is 1. The summed E-state index contributed by atoms with van der Waals surface area (Å²) in [5.41, 5.74) is 2.05. The summed E-state index contributed by atoms with van der Waals surface area (Å²) in [4.78, 5) is 16.4. The van der Waals surface area contributed by atoms with E-state index in [4.69, 9.17) is 4.74 Å². The molecule has 0 fully saturated rings. The number of benzene rings is 2. The van der Waals surface area contributed by atoms with Crippen molar-refractivity contribution < 1.29 is 9.53 Å². The Labute approximate surface area is 138 Å². The van der Waals surface area contributed by atoms with E-state index in [1.165, 1.54) is 0 Å².